The molecule has 2 rings (SSSR count). The number of hydrogen-bond donors (Lipinski definition) is 2. The van der Waals surface area contributed by atoms with Gasteiger partial charge >= 0.3 is 5.97 Å². The van der Waals surface area contributed by atoms with Crippen molar-refractivity contribution in [1.82, 2.24) is 4.98 Å². The van der Waals surface area contributed by atoms with Crippen molar-refractivity contribution < 1.29 is 9.90 Å². The minimum atomic E-state index is -0.888. The van der Waals surface area contributed by atoms with E-state index in [1.165, 1.54) is 0 Å². The molecule has 0 spiro atoms. The summed E-state index contributed by atoms with van der Waals surface area (Å²) in [7, 11) is 0. The highest BCUT2D eigenvalue weighted by Gasteiger charge is 2.09. The SMILES string of the molecule is O=C(O)c1cc2[nH]ccc2cc1I. The van der Waals surface area contributed by atoms with Gasteiger partial charge in [0.2, 0.25) is 0 Å². The van der Waals surface area contributed by atoms with Crippen LogP contribution in [-0.4, -0.2) is 16.1 Å². The third-order valence-electron chi connectivity index (χ3n) is 1.87. The fourth-order valence-electron chi connectivity index (χ4n) is 1.24. The summed E-state index contributed by atoms with van der Waals surface area (Å²) in [5, 5.41) is 9.88. The Balaban J connectivity index is 2.76. The van der Waals surface area contributed by atoms with Gasteiger partial charge < -0.3 is 10.1 Å². The zero-order chi connectivity index (χ0) is 9.42. The first kappa shape index (κ1) is 8.55. The molecule has 0 saturated carbocycles. The van der Waals surface area contributed by atoms with E-state index in [0.717, 1.165) is 14.5 Å². The first-order valence-electron chi connectivity index (χ1n) is 3.68. The van der Waals surface area contributed by atoms with E-state index in [9.17, 15) is 4.79 Å². The molecule has 3 nitrogen and oxygen atoms in total. The topological polar surface area (TPSA) is 53.1 Å². The molecule has 0 radical (unpaired) electrons. The van der Waals surface area contributed by atoms with Gasteiger partial charge in [-0.15, -0.1) is 0 Å². The third-order valence-corrected chi connectivity index (χ3v) is 2.76. The van der Waals surface area contributed by atoms with Crippen LogP contribution in [0.15, 0.2) is 24.4 Å². The van der Waals surface area contributed by atoms with Gasteiger partial charge in [-0.25, -0.2) is 4.79 Å². The van der Waals surface area contributed by atoms with E-state index in [2.05, 4.69) is 4.98 Å². The molecular formula is C9H6INO2. The zero-order valence-electron chi connectivity index (χ0n) is 6.54. The zero-order valence-corrected chi connectivity index (χ0v) is 8.70. The number of H-pyrrole nitrogens is 1. The molecule has 66 valence electrons. The summed E-state index contributed by atoms with van der Waals surface area (Å²) in [5.41, 5.74) is 1.20. The van der Waals surface area contributed by atoms with Gasteiger partial charge in [-0.2, -0.15) is 0 Å². The molecular weight excluding hydrogens is 281 g/mol. The van der Waals surface area contributed by atoms with E-state index in [-0.39, 0.29) is 0 Å². The van der Waals surface area contributed by atoms with Crippen LogP contribution in [0.25, 0.3) is 10.9 Å². The van der Waals surface area contributed by atoms with Gasteiger partial charge in [0.1, 0.15) is 0 Å². The lowest BCUT2D eigenvalue weighted by Crippen LogP contribution is -1.98. The molecule has 0 unspecified atom stereocenters. The Labute approximate surface area is 87.9 Å². The number of halogens is 1. The molecule has 0 saturated heterocycles. The predicted octanol–water partition coefficient (Wildman–Crippen LogP) is 2.47. The number of rotatable bonds is 1. The van der Waals surface area contributed by atoms with Crippen LogP contribution in [0, 0.1) is 3.57 Å². The Morgan fingerprint density at radius 3 is 2.92 bits per heavy atom. The van der Waals surface area contributed by atoms with Crippen molar-refractivity contribution in [2.45, 2.75) is 0 Å². The van der Waals surface area contributed by atoms with Crippen molar-refractivity contribution in [3.63, 3.8) is 0 Å². The number of fused-ring (bicyclic) bond motifs is 1. The van der Waals surface area contributed by atoms with Crippen LogP contribution in [0.5, 0.6) is 0 Å². The second kappa shape index (κ2) is 3.02. The fraction of sp³-hybridized carbons (Fsp3) is 0. The van der Waals surface area contributed by atoms with Gasteiger partial charge in [0, 0.05) is 20.7 Å². The van der Waals surface area contributed by atoms with Gasteiger partial charge in [-0.3, -0.25) is 0 Å². The molecule has 0 atom stereocenters. The average molecular weight is 287 g/mol. The van der Waals surface area contributed by atoms with Crippen LogP contribution in [0.3, 0.4) is 0 Å². The van der Waals surface area contributed by atoms with Crippen molar-refractivity contribution in [2.75, 3.05) is 0 Å². The summed E-state index contributed by atoms with van der Waals surface area (Å²) in [5.74, 6) is -0.888. The summed E-state index contributed by atoms with van der Waals surface area (Å²) in [4.78, 5) is 13.7. The summed E-state index contributed by atoms with van der Waals surface area (Å²) in [6, 6.07) is 5.43. The van der Waals surface area contributed by atoms with E-state index in [1.807, 2.05) is 34.7 Å². The Morgan fingerprint density at radius 1 is 1.46 bits per heavy atom. The van der Waals surface area contributed by atoms with Crippen LogP contribution in [-0.2, 0) is 0 Å². The normalized spacial score (nSPS) is 10.5. The second-order valence-corrected chi connectivity index (χ2v) is 3.86. The van der Waals surface area contributed by atoms with Crippen molar-refractivity contribution in [1.29, 1.82) is 0 Å². The Hall–Kier alpha value is -1.04. The molecule has 0 bridgehead atoms. The monoisotopic (exact) mass is 287 g/mol. The highest BCUT2D eigenvalue weighted by atomic mass is 127. The molecule has 1 aromatic carbocycles. The van der Waals surface area contributed by atoms with Gasteiger partial charge in [-0.1, -0.05) is 0 Å². The summed E-state index contributed by atoms with van der Waals surface area (Å²) in [6.45, 7) is 0. The summed E-state index contributed by atoms with van der Waals surface area (Å²) < 4.78 is 0.761. The average Bonchev–Trinajstić information content (AvgIpc) is 2.48. The number of benzene rings is 1. The maximum absolute atomic E-state index is 10.8. The number of carboxylic acid groups (broad SMARTS) is 1. The van der Waals surface area contributed by atoms with E-state index in [4.69, 9.17) is 5.11 Å². The Bertz CT molecular complexity index is 475. The van der Waals surface area contributed by atoms with Crippen molar-refractivity contribution in [2.24, 2.45) is 0 Å². The molecule has 0 aliphatic rings. The largest absolute Gasteiger partial charge is 0.478 e. The Kier molecular flexibility index (Phi) is 1.99. The third kappa shape index (κ3) is 1.41. The van der Waals surface area contributed by atoms with Crippen molar-refractivity contribution in [3.05, 3.63) is 33.5 Å². The molecule has 0 fully saturated rings. The highest BCUT2D eigenvalue weighted by Crippen LogP contribution is 2.20. The lowest BCUT2D eigenvalue weighted by Gasteiger charge is -1.98. The number of nitrogens with one attached hydrogen (secondary N) is 1. The lowest BCUT2D eigenvalue weighted by atomic mass is 10.2. The minimum Gasteiger partial charge on any atom is -0.478 e. The fourth-order valence-corrected chi connectivity index (χ4v) is 1.96. The molecule has 0 aliphatic heterocycles. The quantitative estimate of drug-likeness (QED) is 0.792. The smallest absolute Gasteiger partial charge is 0.336 e. The van der Waals surface area contributed by atoms with Crippen LogP contribution < -0.4 is 0 Å². The van der Waals surface area contributed by atoms with Crippen molar-refractivity contribution in [3.8, 4) is 0 Å². The van der Waals surface area contributed by atoms with Crippen LogP contribution >= 0.6 is 22.6 Å². The number of aromatic carboxylic acids is 1. The molecule has 2 aromatic rings. The number of aromatic amines is 1. The molecule has 0 amide bonds. The first-order valence-corrected chi connectivity index (χ1v) is 4.76. The highest BCUT2D eigenvalue weighted by molar-refractivity contribution is 14.1. The minimum absolute atomic E-state index is 0.343. The number of aromatic nitrogens is 1. The molecule has 0 aliphatic carbocycles. The molecule has 1 heterocycles. The predicted molar refractivity (Wildman–Crippen MR) is 58.0 cm³/mol. The van der Waals surface area contributed by atoms with Crippen LogP contribution in [0.2, 0.25) is 0 Å². The van der Waals surface area contributed by atoms with E-state index in [0.29, 0.717) is 5.56 Å². The maximum atomic E-state index is 10.8. The number of carbonyl (C=O) groups is 1. The first-order chi connectivity index (χ1) is 6.18. The maximum Gasteiger partial charge on any atom is 0.336 e. The van der Waals surface area contributed by atoms with Crippen molar-refractivity contribution >= 4 is 39.5 Å². The molecule has 1 aromatic heterocycles. The summed E-state index contributed by atoms with van der Waals surface area (Å²) in [6.07, 6.45) is 1.80. The van der Waals surface area contributed by atoms with Crippen LogP contribution in [0.1, 0.15) is 10.4 Å². The summed E-state index contributed by atoms with van der Waals surface area (Å²) >= 11 is 2.03. The standard InChI is InChI=1S/C9H6INO2/c10-7-3-5-1-2-11-8(5)4-6(7)9(12)13/h1-4,11H,(H,12,13). The van der Waals surface area contributed by atoms with Gasteiger partial charge in [0.15, 0.2) is 0 Å². The lowest BCUT2D eigenvalue weighted by molar-refractivity contribution is 0.0696. The second-order valence-electron chi connectivity index (χ2n) is 2.70. The molecule has 2 N–H and O–H groups in total. The molecule has 4 heteroatoms. The van der Waals surface area contributed by atoms with Gasteiger partial charge in [0.05, 0.1) is 5.56 Å². The van der Waals surface area contributed by atoms with Gasteiger partial charge in [-0.05, 0) is 40.8 Å². The number of carboxylic acids is 1. The van der Waals surface area contributed by atoms with E-state index < -0.39 is 5.97 Å². The van der Waals surface area contributed by atoms with Gasteiger partial charge in [0.25, 0.3) is 0 Å². The Morgan fingerprint density at radius 2 is 2.23 bits per heavy atom. The van der Waals surface area contributed by atoms with Crippen LogP contribution in [0.4, 0.5) is 0 Å². The molecule has 13 heavy (non-hydrogen) atoms. The number of hydrogen-bond acceptors (Lipinski definition) is 1. The van der Waals surface area contributed by atoms with E-state index in [1.54, 1.807) is 12.3 Å². The van der Waals surface area contributed by atoms with E-state index >= 15 is 0 Å².